The summed E-state index contributed by atoms with van der Waals surface area (Å²) in [7, 11) is 0. The molecule has 0 unspecified atom stereocenters. The van der Waals surface area contributed by atoms with E-state index in [1.54, 1.807) is 0 Å². The Balaban J connectivity index is 1.03. The Hall–Kier alpha value is -7.21. The quantitative estimate of drug-likeness (QED) is 0.171. The van der Waals surface area contributed by atoms with Crippen LogP contribution in [0, 0.1) is 0 Å². The molecule has 11 rings (SSSR count). The van der Waals surface area contributed by atoms with Gasteiger partial charge in [0.15, 0.2) is 17.5 Å². The van der Waals surface area contributed by atoms with Gasteiger partial charge in [-0.2, -0.15) is 0 Å². The number of aromatic nitrogens is 3. The summed E-state index contributed by atoms with van der Waals surface area (Å²) < 4.78 is 8.69. The Bertz CT molecular complexity index is 3260. The minimum atomic E-state index is 0.610. The molecule has 5 heteroatoms. The number of furan rings is 1. The molecule has 8 aromatic carbocycles. The maximum Gasteiger partial charge on any atom is 0.164 e. The van der Waals surface area contributed by atoms with E-state index >= 15 is 0 Å². The first-order chi connectivity index (χ1) is 27.7. The van der Waals surface area contributed by atoms with Crippen molar-refractivity contribution < 1.29 is 4.42 Å². The molecule has 0 aliphatic carbocycles. The van der Waals surface area contributed by atoms with Gasteiger partial charge in [-0.3, -0.25) is 0 Å². The summed E-state index contributed by atoms with van der Waals surface area (Å²) in [6.07, 6.45) is 0. The van der Waals surface area contributed by atoms with E-state index < -0.39 is 0 Å². The zero-order valence-electron chi connectivity index (χ0n) is 30.1. The predicted octanol–water partition coefficient (Wildman–Crippen LogP) is 14.1. The monoisotopic (exact) mass is 733 g/mol. The highest BCUT2D eigenvalue weighted by Crippen LogP contribution is 2.42. The first kappa shape index (κ1) is 32.2. The van der Waals surface area contributed by atoms with Crippen molar-refractivity contribution in [3.63, 3.8) is 0 Å². The Morgan fingerprint density at radius 3 is 1.70 bits per heavy atom. The van der Waals surface area contributed by atoms with Crippen LogP contribution in [0.15, 0.2) is 192 Å². The summed E-state index contributed by atoms with van der Waals surface area (Å²) in [5, 5.41) is 4.50. The Morgan fingerprint density at radius 1 is 0.339 bits per heavy atom. The average Bonchev–Trinajstić information content (AvgIpc) is 3.85. The second kappa shape index (κ2) is 13.3. The zero-order valence-corrected chi connectivity index (χ0v) is 30.9. The number of benzene rings is 8. The standard InChI is InChI=1S/C51H31N3OS/c1-3-13-32(14-4-1)34-17-9-18-35(29-34)36-19-10-20-37(30-36)39-22-11-23-41-40-28-27-38(31-46(40)56-48(39)41)50-52-49(33-15-5-2-6-16-33)53-51(54-50)43-24-12-26-45-47(43)42-21-7-8-25-44(42)55-45/h1-31H. The minimum absolute atomic E-state index is 0.610. The molecule has 0 saturated heterocycles. The van der Waals surface area contributed by atoms with E-state index in [-0.39, 0.29) is 0 Å². The number of hydrogen-bond acceptors (Lipinski definition) is 5. The molecule has 11 aromatic rings. The fourth-order valence-corrected chi connectivity index (χ4v) is 9.12. The number of thiophene rings is 1. The number of hydrogen-bond donors (Lipinski definition) is 0. The molecular formula is C51H31N3OS. The molecule has 0 N–H and O–H groups in total. The maximum absolute atomic E-state index is 6.24. The van der Waals surface area contributed by atoms with Gasteiger partial charge < -0.3 is 4.42 Å². The van der Waals surface area contributed by atoms with Crippen molar-refractivity contribution >= 4 is 53.4 Å². The first-order valence-electron chi connectivity index (χ1n) is 18.7. The van der Waals surface area contributed by atoms with Gasteiger partial charge in [0.2, 0.25) is 0 Å². The van der Waals surface area contributed by atoms with Crippen molar-refractivity contribution in [2.24, 2.45) is 0 Å². The van der Waals surface area contributed by atoms with Crippen molar-refractivity contribution in [3.8, 4) is 67.5 Å². The number of fused-ring (bicyclic) bond motifs is 6. The Labute approximate surface area is 327 Å². The summed E-state index contributed by atoms with van der Waals surface area (Å²) in [4.78, 5) is 15.3. The molecule has 0 radical (unpaired) electrons. The molecule has 0 atom stereocenters. The molecule has 0 spiro atoms. The molecule has 0 saturated carbocycles. The SMILES string of the molecule is c1ccc(-c2cccc(-c3cccc(-c4cccc5c4sc4cc(-c6nc(-c7ccccc7)nc(-c7cccc8oc9ccccc9c78)n6)ccc45)c3)c2)cc1. The lowest BCUT2D eigenvalue weighted by atomic mass is 9.95. The van der Waals surface area contributed by atoms with Crippen molar-refractivity contribution in [3.05, 3.63) is 188 Å². The summed E-state index contributed by atoms with van der Waals surface area (Å²) in [6.45, 7) is 0. The topological polar surface area (TPSA) is 51.8 Å². The van der Waals surface area contributed by atoms with Crippen LogP contribution in [0.4, 0.5) is 0 Å². The van der Waals surface area contributed by atoms with Crippen LogP contribution in [0.2, 0.25) is 0 Å². The molecule has 0 aliphatic heterocycles. The molecule has 0 amide bonds. The van der Waals surface area contributed by atoms with Gasteiger partial charge in [-0.1, -0.05) is 158 Å². The zero-order chi connectivity index (χ0) is 37.0. The highest BCUT2D eigenvalue weighted by Gasteiger charge is 2.19. The largest absolute Gasteiger partial charge is 0.456 e. The molecule has 0 fully saturated rings. The van der Waals surface area contributed by atoms with E-state index in [9.17, 15) is 0 Å². The summed E-state index contributed by atoms with van der Waals surface area (Å²) in [5.41, 5.74) is 11.7. The summed E-state index contributed by atoms with van der Waals surface area (Å²) in [6, 6.07) is 65.8. The molecule has 4 nitrogen and oxygen atoms in total. The van der Waals surface area contributed by atoms with Gasteiger partial charge in [0, 0.05) is 47.6 Å². The molecular weight excluding hydrogens is 703 g/mol. The van der Waals surface area contributed by atoms with Crippen LogP contribution in [0.1, 0.15) is 0 Å². The normalized spacial score (nSPS) is 11.6. The van der Waals surface area contributed by atoms with Crippen molar-refractivity contribution in [2.45, 2.75) is 0 Å². The van der Waals surface area contributed by atoms with Crippen LogP contribution in [0.25, 0.3) is 110 Å². The van der Waals surface area contributed by atoms with Crippen LogP contribution in [-0.4, -0.2) is 15.0 Å². The second-order valence-corrected chi connectivity index (χ2v) is 15.0. The smallest absolute Gasteiger partial charge is 0.164 e. The van der Waals surface area contributed by atoms with E-state index in [1.807, 2.05) is 72.0 Å². The van der Waals surface area contributed by atoms with Gasteiger partial charge >= 0.3 is 0 Å². The van der Waals surface area contributed by atoms with E-state index in [0.29, 0.717) is 17.5 Å². The van der Waals surface area contributed by atoms with Crippen molar-refractivity contribution in [2.75, 3.05) is 0 Å². The Morgan fingerprint density at radius 2 is 0.893 bits per heavy atom. The second-order valence-electron chi connectivity index (χ2n) is 14.0. The van der Waals surface area contributed by atoms with Gasteiger partial charge in [0.05, 0.1) is 0 Å². The minimum Gasteiger partial charge on any atom is -0.456 e. The number of nitrogens with zero attached hydrogens (tertiary/aromatic N) is 3. The third-order valence-corrected chi connectivity index (χ3v) is 11.7. The molecule has 56 heavy (non-hydrogen) atoms. The molecule has 0 bridgehead atoms. The van der Waals surface area contributed by atoms with Crippen LogP contribution < -0.4 is 0 Å². The first-order valence-corrected chi connectivity index (χ1v) is 19.5. The van der Waals surface area contributed by atoms with Gasteiger partial charge in [-0.15, -0.1) is 11.3 Å². The third kappa shape index (κ3) is 5.56. The lowest BCUT2D eigenvalue weighted by molar-refractivity contribution is 0.669. The van der Waals surface area contributed by atoms with Gasteiger partial charge in [0.25, 0.3) is 0 Å². The van der Waals surface area contributed by atoms with Gasteiger partial charge in [0.1, 0.15) is 11.2 Å². The van der Waals surface area contributed by atoms with Crippen LogP contribution >= 0.6 is 11.3 Å². The third-order valence-electron chi connectivity index (χ3n) is 10.5. The molecule has 3 heterocycles. The summed E-state index contributed by atoms with van der Waals surface area (Å²) >= 11 is 1.82. The lowest BCUT2D eigenvalue weighted by Crippen LogP contribution is -2.00. The highest BCUT2D eigenvalue weighted by molar-refractivity contribution is 7.26. The number of para-hydroxylation sites is 1. The van der Waals surface area contributed by atoms with Gasteiger partial charge in [-0.05, 0) is 63.7 Å². The summed E-state index contributed by atoms with van der Waals surface area (Å²) in [5.74, 6) is 1.87. The van der Waals surface area contributed by atoms with E-state index in [1.165, 1.54) is 53.6 Å². The van der Waals surface area contributed by atoms with Crippen LogP contribution in [-0.2, 0) is 0 Å². The van der Waals surface area contributed by atoms with E-state index in [4.69, 9.17) is 19.4 Å². The fourth-order valence-electron chi connectivity index (χ4n) is 7.84. The lowest BCUT2D eigenvalue weighted by Gasteiger charge is -2.09. The molecule has 0 aliphatic rings. The van der Waals surface area contributed by atoms with Crippen LogP contribution in [0.5, 0.6) is 0 Å². The van der Waals surface area contributed by atoms with Crippen molar-refractivity contribution in [1.29, 1.82) is 0 Å². The molecule has 262 valence electrons. The Kier molecular flexibility index (Phi) is 7.64. The average molecular weight is 734 g/mol. The van der Waals surface area contributed by atoms with Crippen molar-refractivity contribution in [1.82, 2.24) is 15.0 Å². The fraction of sp³-hybridized carbons (Fsp3) is 0. The van der Waals surface area contributed by atoms with E-state index in [0.717, 1.165) is 38.6 Å². The van der Waals surface area contributed by atoms with E-state index in [2.05, 4.69) is 127 Å². The number of rotatable bonds is 6. The predicted molar refractivity (Wildman–Crippen MR) is 233 cm³/mol. The van der Waals surface area contributed by atoms with Crippen LogP contribution in [0.3, 0.4) is 0 Å². The maximum atomic E-state index is 6.24. The highest BCUT2D eigenvalue weighted by atomic mass is 32.1. The molecule has 3 aromatic heterocycles. The van der Waals surface area contributed by atoms with Gasteiger partial charge in [-0.25, -0.2) is 15.0 Å².